The minimum absolute atomic E-state index is 0.156. The van der Waals surface area contributed by atoms with Crippen LogP contribution in [0.4, 0.5) is 4.39 Å². The summed E-state index contributed by atoms with van der Waals surface area (Å²) >= 11 is 5.79. The zero-order valence-corrected chi connectivity index (χ0v) is 11.4. The molecule has 2 atom stereocenters. The fraction of sp³-hybridized carbons (Fsp3) is 0.571. The second kappa shape index (κ2) is 6.00. The number of halogens is 2. The maximum absolute atomic E-state index is 13.9. The van der Waals surface area contributed by atoms with Crippen LogP contribution in [0.15, 0.2) is 18.2 Å². The van der Waals surface area contributed by atoms with Crippen molar-refractivity contribution < 1.29 is 4.39 Å². The third kappa shape index (κ3) is 3.22. The summed E-state index contributed by atoms with van der Waals surface area (Å²) in [6.07, 6.45) is 2.64. The van der Waals surface area contributed by atoms with Crippen LogP contribution in [0.2, 0.25) is 5.02 Å². The van der Waals surface area contributed by atoms with Gasteiger partial charge >= 0.3 is 0 Å². The Kier molecular flexibility index (Phi) is 4.60. The first-order valence-corrected chi connectivity index (χ1v) is 6.88. The van der Waals surface area contributed by atoms with Gasteiger partial charge in [-0.2, -0.15) is 0 Å². The number of nitrogens with two attached hydrogens (primary N) is 1. The van der Waals surface area contributed by atoms with Gasteiger partial charge in [-0.3, -0.25) is 0 Å². The summed E-state index contributed by atoms with van der Waals surface area (Å²) in [5, 5.41) is 3.51. The van der Waals surface area contributed by atoms with E-state index >= 15 is 0 Å². The summed E-state index contributed by atoms with van der Waals surface area (Å²) < 4.78 is 13.9. The second-order valence-corrected chi connectivity index (χ2v) is 5.56. The topological polar surface area (TPSA) is 38.0 Å². The first kappa shape index (κ1) is 13.8. The Morgan fingerprint density at radius 2 is 2.22 bits per heavy atom. The fourth-order valence-electron chi connectivity index (χ4n) is 2.27. The molecule has 1 saturated carbocycles. The summed E-state index contributed by atoms with van der Waals surface area (Å²) in [6, 6.07) is 4.90. The van der Waals surface area contributed by atoms with Gasteiger partial charge in [0.25, 0.3) is 0 Å². The average Bonchev–Trinajstić information content (AvgIpc) is 3.18. The van der Waals surface area contributed by atoms with Crippen molar-refractivity contribution in [3.05, 3.63) is 34.6 Å². The Bertz CT molecular complexity index is 407. The van der Waals surface area contributed by atoms with E-state index in [2.05, 4.69) is 12.2 Å². The van der Waals surface area contributed by atoms with Crippen LogP contribution in [0.1, 0.15) is 31.4 Å². The minimum Gasteiger partial charge on any atom is -0.329 e. The normalized spacial score (nSPS) is 18.7. The Labute approximate surface area is 113 Å². The molecule has 0 aromatic heterocycles. The van der Waals surface area contributed by atoms with Crippen LogP contribution in [0, 0.1) is 17.7 Å². The van der Waals surface area contributed by atoms with Crippen molar-refractivity contribution in [2.45, 2.75) is 25.8 Å². The molecule has 2 nitrogen and oxygen atoms in total. The molecule has 0 amide bonds. The quantitative estimate of drug-likeness (QED) is 0.834. The van der Waals surface area contributed by atoms with Gasteiger partial charge in [0.05, 0.1) is 5.02 Å². The molecule has 0 bridgehead atoms. The molecule has 1 aromatic rings. The molecule has 1 aliphatic carbocycles. The molecule has 100 valence electrons. The SMILES string of the molecule is CC(CNC(CN)c1cccc(Cl)c1F)C1CC1. The van der Waals surface area contributed by atoms with Crippen LogP contribution in [0.25, 0.3) is 0 Å². The predicted molar refractivity (Wildman–Crippen MR) is 73.1 cm³/mol. The Hall–Kier alpha value is -0.640. The molecule has 0 aliphatic heterocycles. The van der Waals surface area contributed by atoms with Gasteiger partial charge in [0.2, 0.25) is 0 Å². The minimum atomic E-state index is -0.360. The second-order valence-electron chi connectivity index (χ2n) is 5.15. The summed E-state index contributed by atoms with van der Waals surface area (Å²) in [7, 11) is 0. The van der Waals surface area contributed by atoms with E-state index < -0.39 is 0 Å². The first-order valence-electron chi connectivity index (χ1n) is 6.50. The number of hydrogen-bond acceptors (Lipinski definition) is 2. The van der Waals surface area contributed by atoms with Crippen LogP contribution in [0.3, 0.4) is 0 Å². The average molecular weight is 271 g/mol. The van der Waals surface area contributed by atoms with Gasteiger partial charge in [-0.15, -0.1) is 0 Å². The maximum atomic E-state index is 13.9. The molecule has 2 rings (SSSR count). The number of hydrogen-bond donors (Lipinski definition) is 2. The molecule has 0 radical (unpaired) electrons. The van der Waals surface area contributed by atoms with Crippen molar-refractivity contribution in [3.63, 3.8) is 0 Å². The summed E-state index contributed by atoms with van der Waals surface area (Å²) in [5.74, 6) is 1.10. The number of benzene rings is 1. The van der Waals surface area contributed by atoms with Crippen LogP contribution >= 0.6 is 11.6 Å². The van der Waals surface area contributed by atoms with E-state index in [0.717, 1.165) is 12.5 Å². The van der Waals surface area contributed by atoms with Crippen LogP contribution in [-0.4, -0.2) is 13.1 Å². The summed E-state index contributed by atoms with van der Waals surface area (Å²) in [5.41, 5.74) is 6.29. The van der Waals surface area contributed by atoms with E-state index in [9.17, 15) is 4.39 Å². The van der Waals surface area contributed by atoms with Crippen molar-refractivity contribution in [2.24, 2.45) is 17.6 Å². The molecule has 1 fully saturated rings. The Morgan fingerprint density at radius 3 is 2.83 bits per heavy atom. The van der Waals surface area contributed by atoms with E-state index in [1.165, 1.54) is 12.8 Å². The van der Waals surface area contributed by atoms with Crippen molar-refractivity contribution in [1.29, 1.82) is 0 Å². The first-order chi connectivity index (χ1) is 8.63. The predicted octanol–water partition coefficient (Wildman–Crippen LogP) is 3.11. The molecular formula is C14H20ClFN2. The van der Waals surface area contributed by atoms with Crippen LogP contribution in [-0.2, 0) is 0 Å². The lowest BCUT2D eigenvalue weighted by Crippen LogP contribution is -2.32. The lowest BCUT2D eigenvalue weighted by molar-refractivity contribution is 0.415. The zero-order chi connectivity index (χ0) is 13.1. The summed E-state index contributed by atoms with van der Waals surface area (Å²) in [4.78, 5) is 0. The molecule has 18 heavy (non-hydrogen) atoms. The lowest BCUT2D eigenvalue weighted by atomic mass is 10.0. The molecule has 1 aromatic carbocycles. The van der Waals surface area contributed by atoms with E-state index in [-0.39, 0.29) is 16.9 Å². The molecule has 0 heterocycles. The summed E-state index contributed by atoms with van der Waals surface area (Å²) in [6.45, 7) is 3.47. The van der Waals surface area contributed by atoms with E-state index in [0.29, 0.717) is 18.0 Å². The number of nitrogens with one attached hydrogen (secondary N) is 1. The molecule has 1 aliphatic rings. The van der Waals surface area contributed by atoms with Crippen molar-refractivity contribution in [3.8, 4) is 0 Å². The molecule has 0 saturated heterocycles. The zero-order valence-electron chi connectivity index (χ0n) is 10.6. The van der Waals surface area contributed by atoms with Crippen LogP contribution in [0.5, 0.6) is 0 Å². The highest BCUT2D eigenvalue weighted by molar-refractivity contribution is 6.30. The molecule has 2 unspecified atom stereocenters. The highest BCUT2D eigenvalue weighted by atomic mass is 35.5. The van der Waals surface area contributed by atoms with Gasteiger partial charge in [-0.05, 0) is 37.3 Å². The van der Waals surface area contributed by atoms with Gasteiger partial charge in [0.1, 0.15) is 5.82 Å². The van der Waals surface area contributed by atoms with Gasteiger partial charge in [-0.1, -0.05) is 30.7 Å². The lowest BCUT2D eigenvalue weighted by Gasteiger charge is -2.21. The molecule has 3 N–H and O–H groups in total. The smallest absolute Gasteiger partial charge is 0.146 e. The largest absolute Gasteiger partial charge is 0.329 e. The third-order valence-electron chi connectivity index (χ3n) is 3.71. The maximum Gasteiger partial charge on any atom is 0.146 e. The highest BCUT2D eigenvalue weighted by Gasteiger charge is 2.28. The third-order valence-corrected chi connectivity index (χ3v) is 4.00. The number of rotatable bonds is 6. The van der Waals surface area contributed by atoms with Gasteiger partial charge in [-0.25, -0.2) is 4.39 Å². The molecule has 4 heteroatoms. The van der Waals surface area contributed by atoms with E-state index in [1.54, 1.807) is 18.2 Å². The van der Waals surface area contributed by atoms with E-state index in [4.69, 9.17) is 17.3 Å². The fourth-order valence-corrected chi connectivity index (χ4v) is 2.45. The standard InChI is InChI=1S/C14H20ClFN2/c1-9(10-5-6-10)8-18-13(7-17)11-3-2-4-12(15)14(11)16/h2-4,9-10,13,18H,5-8,17H2,1H3. The Morgan fingerprint density at radius 1 is 1.50 bits per heavy atom. The van der Waals surface area contributed by atoms with E-state index in [1.807, 2.05) is 0 Å². The van der Waals surface area contributed by atoms with Crippen LogP contribution < -0.4 is 11.1 Å². The van der Waals surface area contributed by atoms with Crippen molar-refractivity contribution >= 4 is 11.6 Å². The van der Waals surface area contributed by atoms with Crippen molar-refractivity contribution in [1.82, 2.24) is 5.32 Å². The monoisotopic (exact) mass is 270 g/mol. The highest BCUT2D eigenvalue weighted by Crippen LogP contribution is 2.36. The van der Waals surface area contributed by atoms with Gasteiger partial charge < -0.3 is 11.1 Å². The van der Waals surface area contributed by atoms with Gasteiger partial charge in [0.15, 0.2) is 0 Å². The van der Waals surface area contributed by atoms with Gasteiger partial charge in [0, 0.05) is 18.2 Å². The molecular weight excluding hydrogens is 251 g/mol. The van der Waals surface area contributed by atoms with Crippen molar-refractivity contribution in [2.75, 3.05) is 13.1 Å². The molecule has 0 spiro atoms. The Balaban J connectivity index is 2.00.